The zero-order chi connectivity index (χ0) is 27.3. The second-order valence-corrected chi connectivity index (χ2v) is 15.4. The molecule has 1 N–H and O–H groups in total. The van der Waals surface area contributed by atoms with Gasteiger partial charge in [0.05, 0.1) is 15.1 Å². The Morgan fingerprint density at radius 3 is 2.41 bits per heavy atom. The van der Waals surface area contributed by atoms with Crippen LogP contribution in [-0.2, 0) is 22.9 Å². The number of fused-ring (bicyclic) bond motifs is 2. The van der Waals surface area contributed by atoms with Gasteiger partial charge in [0.15, 0.2) is 0 Å². The molecule has 2 aromatic carbocycles. The Kier molecular flexibility index (Phi) is 7.12. The summed E-state index contributed by atoms with van der Waals surface area (Å²) in [5.41, 5.74) is 3.75. The number of amides is 1. The fourth-order valence-electron chi connectivity index (χ4n) is 5.95. The van der Waals surface area contributed by atoms with Crippen molar-refractivity contribution in [2.24, 2.45) is 17.8 Å². The van der Waals surface area contributed by atoms with Gasteiger partial charge in [-0.1, -0.05) is 32.9 Å². The van der Waals surface area contributed by atoms with Gasteiger partial charge in [0.1, 0.15) is 10.0 Å². The van der Waals surface area contributed by atoms with E-state index in [2.05, 4.69) is 32.2 Å². The van der Waals surface area contributed by atoms with Gasteiger partial charge in [-0.15, -0.1) is 22.7 Å². The highest BCUT2D eigenvalue weighted by atomic mass is 32.2. The van der Waals surface area contributed by atoms with E-state index in [0.717, 1.165) is 51.5 Å². The molecule has 2 aromatic heterocycles. The van der Waals surface area contributed by atoms with Crippen LogP contribution in [0.15, 0.2) is 53.4 Å². The minimum Gasteiger partial charge on any atom is -0.313 e. The summed E-state index contributed by atoms with van der Waals surface area (Å²) in [7, 11) is -3.60. The number of thiazole rings is 1. The highest BCUT2D eigenvalue weighted by Gasteiger charge is 2.32. The van der Waals surface area contributed by atoms with E-state index in [1.54, 1.807) is 51.2 Å². The number of piperidine rings is 1. The molecule has 2 aliphatic rings. The molecule has 6 rings (SSSR count). The van der Waals surface area contributed by atoms with Crippen LogP contribution in [0.5, 0.6) is 0 Å². The van der Waals surface area contributed by atoms with Crippen LogP contribution in [0.3, 0.4) is 0 Å². The van der Waals surface area contributed by atoms with Crippen molar-refractivity contribution in [3.05, 3.63) is 64.5 Å². The monoisotopic (exact) mass is 579 g/mol. The fourth-order valence-corrected chi connectivity index (χ4v) is 10.1. The highest BCUT2D eigenvalue weighted by molar-refractivity contribution is 7.89. The van der Waals surface area contributed by atoms with Gasteiger partial charge in [0, 0.05) is 29.1 Å². The summed E-state index contributed by atoms with van der Waals surface area (Å²) in [5, 5.41) is 4.92. The lowest BCUT2D eigenvalue weighted by molar-refractivity contribution is 0.102. The molecule has 1 aliphatic heterocycles. The zero-order valence-corrected chi connectivity index (χ0v) is 24.9. The van der Waals surface area contributed by atoms with Crippen molar-refractivity contribution in [2.75, 3.05) is 18.4 Å². The Balaban J connectivity index is 1.28. The molecule has 0 radical (unpaired) electrons. The number of benzene rings is 2. The molecule has 0 saturated carbocycles. The second-order valence-electron chi connectivity index (χ2n) is 11.3. The molecule has 0 unspecified atom stereocenters. The number of carbonyl (C=O) groups excluding carboxylic acids is 1. The summed E-state index contributed by atoms with van der Waals surface area (Å²) in [5.74, 6) is 1.03. The maximum atomic E-state index is 13.4. The average molecular weight is 580 g/mol. The third kappa shape index (κ3) is 5.17. The maximum Gasteiger partial charge on any atom is 0.256 e. The third-order valence-corrected chi connectivity index (χ3v) is 11.9. The van der Waals surface area contributed by atoms with Crippen LogP contribution in [0.25, 0.3) is 20.8 Å². The van der Waals surface area contributed by atoms with Crippen molar-refractivity contribution >= 4 is 53.8 Å². The minimum atomic E-state index is -3.60. The molecule has 39 heavy (non-hydrogen) atoms. The van der Waals surface area contributed by atoms with Gasteiger partial charge in [-0.3, -0.25) is 4.79 Å². The van der Waals surface area contributed by atoms with Crippen LogP contribution in [0.4, 0.5) is 5.00 Å². The van der Waals surface area contributed by atoms with Crippen LogP contribution in [-0.4, -0.2) is 36.7 Å². The quantitative estimate of drug-likeness (QED) is 0.274. The number of nitrogens with one attached hydrogen (secondary N) is 1. The van der Waals surface area contributed by atoms with Gasteiger partial charge >= 0.3 is 0 Å². The second kappa shape index (κ2) is 10.4. The number of rotatable bonds is 5. The van der Waals surface area contributed by atoms with E-state index >= 15 is 0 Å². The molecule has 3 atom stereocenters. The van der Waals surface area contributed by atoms with E-state index in [1.165, 1.54) is 10.4 Å². The molecule has 9 heteroatoms. The van der Waals surface area contributed by atoms with Crippen molar-refractivity contribution in [1.82, 2.24) is 9.29 Å². The number of carbonyl (C=O) groups is 1. The van der Waals surface area contributed by atoms with Gasteiger partial charge < -0.3 is 5.32 Å². The van der Waals surface area contributed by atoms with E-state index in [0.29, 0.717) is 36.4 Å². The molecular formula is C30H33N3O3S3. The number of aromatic nitrogens is 1. The molecule has 6 nitrogen and oxygen atoms in total. The molecule has 1 amide bonds. The lowest BCUT2D eigenvalue weighted by atomic mass is 9.88. The first-order valence-electron chi connectivity index (χ1n) is 13.6. The number of nitrogens with zero attached hydrogens (tertiary/aromatic N) is 2. The van der Waals surface area contributed by atoms with Crippen molar-refractivity contribution in [3.63, 3.8) is 0 Å². The summed E-state index contributed by atoms with van der Waals surface area (Å²) in [6, 6.07) is 14.5. The van der Waals surface area contributed by atoms with E-state index in [4.69, 9.17) is 4.98 Å². The Morgan fingerprint density at radius 1 is 0.974 bits per heavy atom. The Morgan fingerprint density at radius 2 is 1.69 bits per heavy atom. The van der Waals surface area contributed by atoms with Gasteiger partial charge in [-0.2, -0.15) is 4.31 Å². The predicted octanol–water partition coefficient (Wildman–Crippen LogP) is 7.07. The van der Waals surface area contributed by atoms with Crippen LogP contribution in [0.2, 0.25) is 0 Å². The molecule has 1 fully saturated rings. The maximum absolute atomic E-state index is 13.4. The largest absolute Gasteiger partial charge is 0.313 e. The Hall–Kier alpha value is -2.59. The van der Waals surface area contributed by atoms with E-state index < -0.39 is 10.0 Å². The van der Waals surface area contributed by atoms with Gasteiger partial charge in [-0.25, -0.2) is 13.4 Å². The van der Waals surface area contributed by atoms with Crippen molar-refractivity contribution in [3.8, 4) is 10.6 Å². The van der Waals surface area contributed by atoms with E-state index in [1.807, 2.05) is 18.2 Å². The topological polar surface area (TPSA) is 79.4 Å². The molecule has 204 valence electrons. The summed E-state index contributed by atoms with van der Waals surface area (Å²) in [6.07, 6.45) is 4.15. The standard InChI is InChI=1S/C30H33N3O3S3/c1-18-8-13-23-26(15-18)38-30(27(23)29-31-24-6-4-5-7-25(24)37-29)32-28(34)21-9-11-22(12-10-21)39(35,36)33-16-19(2)14-20(3)17-33/h4-7,9-12,18-20H,8,13-17H2,1-3H3,(H,32,34)/t18-,19-,20-/m1/s1. The van der Waals surface area contributed by atoms with E-state index in [9.17, 15) is 13.2 Å². The highest BCUT2D eigenvalue weighted by Crippen LogP contribution is 2.47. The van der Waals surface area contributed by atoms with Crippen LogP contribution < -0.4 is 5.32 Å². The van der Waals surface area contributed by atoms with Crippen LogP contribution in [0.1, 0.15) is 54.4 Å². The van der Waals surface area contributed by atoms with Crippen LogP contribution >= 0.6 is 22.7 Å². The zero-order valence-electron chi connectivity index (χ0n) is 22.4. The summed E-state index contributed by atoms with van der Waals surface area (Å²) in [4.78, 5) is 19.9. The average Bonchev–Trinajstić information content (AvgIpc) is 3.48. The van der Waals surface area contributed by atoms with Crippen molar-refractivity contribution < 1.29 is 13.2 Å². The lowest BCUT2D eigenvalue weighted by Crippen LogP contribution is -2.42. The number of hydrogen-bond donors (Lipinski definition) is 1. The first-order chi connectivity index (χ1) is 18.7. The Bertz CT molecular complexity index is 1600. The normalized spacial score (nSPS) is 22.1. The SMILES string of the molecule is C[C@@H]1CCc2c(sc(NC(=O)c3ccc(S(=O)(=O)N4C[C@H](C)C[C@@H](C)C4)cc3)c2-c2nc3ccccc3s2)C1. The van der Waals surface area contributed by atoms with Gasteiger partial charge in [-0.05, 0) is 85.4 Å². The van der Waals surface area contributed by atoms with Gasteiger partial charge in [0.25, 0.3) is 5.91 Å². The first-order valence-corrected chi connectivity index (χ1v) is 16.7. The first kappa shape index (κ1) is 26.6. The van der Waals surface area contributed by atoms with Gasteiger partial charge in [0.2, 0.25) is 10.0 Å². The van der Waals surface area contributed by atoms with Crippen LogP contribution in [0, 0.1) is 17.8 Å². The predicted molar refractivity (Wildman–Crippen MR) is 160 cm³/mol. The minimum absolute atomic E-state index is 0.232. The Labute approximate surface area is 238 Å². The molecule has 0 spiro atoms. The number of thiophene rings is 1. The fraction of sp³-hybridized carbons (Fsp3) is 0.400. The van der Waals surface area contributed by atoms with Crippen molar-refractivity contribution in [1.29, 1.82) is 0 Å². The molecule has 3 heterocycles. The number of para-hydroxylation sites is 1. The van der Waals surface area contributed by atoms with E-state index in [-0.39, 0.29) is 10.8 Å². The molecular weight excluding hydrogens is 547 g/mol. The summed E-state index contributed by atoms with van der Waals surface area (Å²) in [6.45, 7) is 7.53. The number of sulfonamides is 1. The third-order valence-electron chi connectivity index (χ3n) is 7.84. The number of anilines is 1. The molecule has 1 aliphatic carbocycles. The number of hydrogen-bond acceptors (Lipinski definition) is 6. The molecule has 0 bridgehead atoms. The molecule has 4 aromatic rings. The lowest BCUT2D eigenvalue weighted by Gasteiger charge is -2.34. The van der Waals surface area contributed by atoms with Crippen molar-refractivity contribution in [2.45, 2.75) is 51.3 Å². The smallest absolute Gasteiger partial charge is 0.256 e. The summed E-state index contributed by atoms with van der Waals surface area (Å²) >= 11 is 3.31. The molecule has 1 saturated heterocycles. The summed E-state index contributed by atoms with van der Waals surface area (Å²) < 4.78 is 29.3.